The number of rotatable bonds is 4. The van der Waals surface area contributed by atoms with Crippen molar-refractivity contribution in [3.8, 4) is 23.0 Å². The van der Waals surface area contributed by atoms with Crippen LogP contribution in [0.5, 0.6) is 23.0 Å². The van der Waals surface area contributed by atoms with Gasteiger partial charge in [-0.15, -0.1) is 0 Å². The van der Waals surface area contributed by atoms with Gasteiger partial charge in [0.15, 0.2) is 17.2 Å². The number of nitro groups is 1. The molecule has 0 aromatic heterocycles. The van der Waals surface area contributed by atoms with Crippen LogP contribution < -0.4 is 18.9 Å². The molecule has 1 aliphatic rings. The first kappa shape index (κ1) is 14.6. The fourth-order valence-corrected chi connectivity index (χ4v) is 2.07. The largest absolute Gasteiger partial charge is 0.490 e. The van der Waals surface area contributed by atoms with Gasteiger partial charge in [0.1, 0.15) is 5.75 Å². The Morgan fingerprint density at radius 3 is 2.70 bits per heavy atom. The molecule has 8 nitrogen and oxygen atoms in total. The lowest BCUT2D eigenvalue weighted by Gasteiger charge is -2.06. The van der Waals surface area contributed by atoms with E-state index in [1.54, 1.807) is 12.1 Å². The number of esters is 1. The highest BCUT2D eigenvalue weighted by molar-refractivity contribution is 5.92. The maximum absolute atomic E-state index is 12.1. The summed E-state index contributed by atoms with van der Waals surface area (Å²) in [5, 5.41) is 11.0. The van der Waals surface area contributed by atoms with Crippen molar-refractivity contribution in [2.24, 2.45) is 0 Å². The average Bonchev–Trinajstić information content (AvgIpc) is 3.01. The summed E-state index contributed by atoms with van der Waals surface area (Å²) in [6.45, 7) is 0.109. The number of carbonyl (C=O) groups is 1. The predicted octanol–water partition coefficient (Wildman–Crippen LogP) is 2.55. The van der Waals surface area contributed by atoms with Crippen LogP contribution in [0.3, 0.4) is 0 Å². The first-order chi connectivity index (χ1) is 11.1. The van der Waals surface area contributed by atoms with Gasteiger partial charge in [-0.05, 0) is 24.3 Å². The first-order valence-electron chi connectivity index (χ1n) is 6.53. The molecule has 0 saturated carbocycles. The van der Waals surface area contributed by atoms with Crippen molar-refractivity contribution in [2.45, 2.75) is 0 Å². The van der Waals surface area contributed by atoms with Crippen molar-refractivity contribution in [1.82, 2.24) is 0 Å². The van der Waals surface area contributed by atoms with Gasteiger partial charge >= 0.3 is 11.7 Å². The molecule has 2 aromatic carbocycles. The lowest BCUT2D eigenvalue weighted by atomic mass is 10.2. The Bertz CT molecular complexity index is 787. The average molecular weight is 317 g/mol. The van der Waals surface area contributed by atoms with Gasteiger partial charge in [-0.25, -0.2) is 4.79 Å². The quantitative estimate of drug-likeness (QED) is 0.370. The highest BCUT2D eigenvalue weighted by Crippen LogP contribution is 2.35. The third kappa shape index (κ3) is 2.86. The van der Waals surface area contributed by atoms with Gasteiger partial charge in [-0.1, -0.05) is 0 Å². The van der Waals surface area contributed by atoms with Crippen molar-refractivity contribution in [1.29, 1.82) is 0 Å². The number of nitro benzene ring substituents is 1. The molecule has 1 heterocycles. The Hall–Kier alpha value is -3.29. The van der Waals surface area contributed by atoms with Gasteiger partial charge in [0.2, 0.25) is 6.79 Å². The number of hydrogen-bond acceptors (Lipinski definition) is 7. The molecule has 0 unspecified atom stereocenters. The van der Waals surface area contributed by atoms with Crippen LogP contribution in [0.15, 0.2) is 36.4 Å². The van der Waals surface area contributed by atoms with E-state index < -0.39 is 10.9 Å². The molecule has 2 aromatic rings. The van der Waals surface area contributed by atoms with Crippen LogP contribution >= 0.6 is 0 Å². The van der Waals surface area contributed by atoms with E-state index in [2.05, 4.69) is 0 Å². The molecule has 0 spiro atoms. The number of methoxy groups -OCH3 is 1. The predicted molar refractivity (Wildman–Crippen MR) is 77.2 cm³/mol. The first-order valence-corrected chi connectivity index (χ1v) is 6.53. The third-order valence-electron chi connectivity index (χ3n) is 3.17. The molecular formula is C15H11NO7. The lowest BCUT2D eigenvalue weighted by molar-refractivity contribution is -0.385. The van der Waals surface area contributed by atoms with Crippen LogP contribution in [0.25, 0.3) is 0 Å². The molecule has 23 heavy (non-hydrogen) atoms. The van der Waals surface area contributed by atoms with Crippen molar-refractivity contribution in [3.05, 3.63) is 52.1 Å². The van der Waals surface area contributed by atoms with Gasteiger partial charge in [-0.3, -0.25) is 10.1 Å². The zero-order chi connectivity index (χ0) is 16.4. The van der Waals surface area contributed by atoms with E-state index in [0.717, 1.165) is 6.07 Å². The second-order valence-electron chi connectivity index (χ2n) is 4.55. The van der Waals surface area contributed by atoms with E-state index in [1.807, 2.05) is 0 Å². The molecule has 0 amide bonds. The standard InChI is InChI=1S/C15H11NO7/c1-20-12-4-2-9(6-11(12)16(18)19)15(17)23-10-3-5-13-14(7-10)22-8-21-13/h2-7H,8H2,1H3. The SMILES string of the molecule is COc1ccc(C(=O)Oc2ccc3c(c2)OCO3)cc1[N+](=O)[O-]. The van der Waals surface area contributed by atoms with Crippen LogP contribution in [0.1, 0.15) is 10.4 Å². The number of ether oxygens (including phenoxy) is 4. The molecular weight excluding hydrogens is 306 g/mol. The molecule has 0 fully saturated rings. The van der Waals surface area contributed by atoms with E-state index in [4.69, 9.17) is 18.9 Å². The van der Waals surface area contributed by atoms with Crippen LogP contribution in [0.4, 0.5) is 5.69 Å². The zero-order valence-electron chi connectivity index (χ0n) is 12.0. The molecule has 1 aliphatic heterocycles. The minimum atomic E-state index is -0.727. The van der Waals surface area contributed by atoms with Gasteiger partial charge in [-0.2, -0.15) is 0 Å². The van der Waals surface area contributed by atoms with Crippen molar-refractivity contribution in [2.75, 3.05) is 13.9 Å². The summed E-state index contributed by atoms with van der Waals surface area (Å²) in [6, 6.07) is 8.51. The summed E-state index contributed by atoms with van der Waals surface area (Å²) in [6.07, 6.45) is 0. The van der Waals surface area contributed by atoms with Gasteiger partial charge < -0.3 is 18.9 Å². The highest BCUT2D eigenvalue weighted by atomic mass is 16.7. The Labute approximate surface area is 130 Å². The Kier molecular flexibility index (Phi) is 3.71. The number of carbonyl (C=O) groups excluding carboxylic acids is 1. The summed E-state index contributed by atoms with van der Waals surface area (Å²) in [7, 11) is 1.31. The van der Waals surface area contributed by atoms with Gasteiger partial charge in [0.05, 0.1) is 17.6 Å². The molecule has 118 valence electrons. The second kappa shape index (κ2) is 5.84. The summed E-state index contributed by atoms with van der Waals surface area (Å²) < 4.78 is 20.4. The van der Waals surface area contributed by atoms with Gasteiger partial charge in [0.25, 0.3) is 0 Å². The summed E-state index contributed by atoms with van der Waals surface area (Å²) >= 11 is 0. The third-order valence-corrected chi connectivity index (χ3v) is 3.17. The number of nitrogens with zero attached hydrogens (tertiary/aromatic N) is 1. The number of fused-ring (bicyclic) bond motifs is 1. The molecule has 3 rings (SSSR count). The Morgan fingerprint density at radius 2 is 1.96 bits per heavy atom. The fraction of sp³-hybridized carbons (Fsp3) is 0.133. The van der Waals surface area contributed by atoms with E-state index in [-0.39, 0.29) is 29.5 Å². The monoisotopic (exact) mass is 317 g/mol. The van der Waals surface area contributed by atoms with E-state index in [9.17, 15) is 14.9 Å². The molecule has 8 heteroatoms. The summed E-state index contributed by atoms with van der Waals surface area (Å²) in [4.78, 5) is 22.5. The minimum absolute atomic E-state index is 0.0372. The highest BCUT2D eigenvalue weighted by Gasteiger charge is 2.20. The summed E-state index contributed by atoms with van der Waals surface area (Å²) in [5.74, 6) is 0.614. The maximum atomic E-state index is 12.1. The van der Waals surface area contributed by atoms with Crippen molar-refractivity contribution in [3.63, 3.8) is 0 Å². The molecule has 0 saturated heterocycles. The van der Waals surface area contributed by atoms with E-state index in [1.165, 1.54) is 25.3 Å². The van der Waals surface area contributed by atoms with Gasteiger partial charge in [0, 0.05) is 12.1 Å². The van der Waals surface area contributed by atoms with Crippen molar-refractivity contribution >= 4 is 11.7 Å². The fourth-order valence-electron chi connectivity index (χ4n) is 2.07. The van der Waals surface area contributed by atoms with E-state index >= 15 is 0 Å². The lowest BCUT2D eigenvalue weighted by Crippen LogP contribution is -2.09. The second-order valence-corrected chi connectivity index (χ2v) is 4.55. The molecule has 0 bridgehead atoms. The topological polar surface area (TPSA) is 97.1 Å². The van der Waals surface area contributed by atoms with E-state index in [0.29, 0.717) is 11.5 Å². The number of hydrogen-bond donors (Lipinski definition) is 0. The van der Waals surface area contributed by atoms with Crippen LogP contribution in [-0.4, -0.2) is 24.8 Å². The Balaban J connectivity index is 1.83. The van der Waals surface area contributed by atoms with Crippen molar-refractivity contribution < 1.29 is 28.7 Å². The summed E-state index contributed by atoms with van der Waals surface area (Å²) in [5.41, 5.74) is -0.275. The smallest absolute Gasteiger partial charge is 0.343 e. The molecule has 0 N–H and O–H groups in total. The normalized spacial score (nSPS) is 11.9. The number of benzene rings is 2. The zero-order valence-corrected chi connectivity index (χ0v) is 12.0. The Morgan fingerprint density at radius 1 is 1.17 bits per heavy atom. The maximum Gasteiger partial charge on any atom is 0.343 e. The molecule has 0 atom stereocenters. The minimum Gasteiger partial charge on any atom is -0.490 e. The van der Waals surface area contributed by atoms with Crippen LogP contribution in [0, 0.1) is 10.1 Å². The molecule has 0 radical (unpaired) electrons. The molecule has 0 aliphatic carbocycles. The van der Waals surface area contributed by atoms with Crippen LogP contribution in [0.2, 0.25) is 0 Å². The van der Waals surface area contributed by atoms with Crippen LogP contribution in [-0.2, 0) is 0 Å².